The smallest absolute Gasteiger partial charge is 0.194 e. The number of nitrogens with zero attached hydrogens (tertiary/aromatic N) is 1. The van der Waals surface area contributed by atoms with Crippen LogP contribution in [0, 0.1) is 0 Å². The topological polar surface area (TPSA) is 43.1 Å². The minimum absolute atomic E-state index is 0.431. The summed E-state index contributed by atoms with van der Waals surface area (Å²) in [7, 11) is 0. The predicted octanol–water partition coefficient (Wildman–Crippen LogP) is 3.13. The van der Waals surface area contributed by atoms with Crippen LogP contribution in [0.1, 0.15) is 12.3 Å². The number of rotatable bonds is 4. The zero-order valence-electron chi connectivity index (χ0n) is 8.52. The van der Waals surface area contributed by atoms with Gasteiger partial charge in [0.15, 0.2) is 5.89 Å². The third-order valence-corrected chi connectivity index (χ3v) is 2.42. The van der Waals surface area contributed by atoms with Crippen LogP contribution in [0.25, 0.3) is 11.3 Å². The van der Waals surface area contributed by atoms with Crippen molar-refractivity contribution in [3.05, 3.63) is 41.4 Å². The van der Waals surface area contributed by atoms with Crippen molar-refractivity contribution in [3.8, 4) is 11.3 Å². The molecule has 0 fully saturated rings. The minimum Gasteiger partial charge on any atom is -0.448 e. The molecule has 1 aromatic carbocycles. The fraction of sp³-hybridized carbons (Fsp3) is 0.167. The zero-order chi connectivity index (χ0) is 11.4. The van der Waals surface area contributed by atoms with E-state index < -0.39 is 0 Å². The molecule has 0 aliphatic carbocycles. The first-order chi connectivity index (χ1) is 7.79. The van der Waals surface area contributed by atoms with Gasteiger partial charge in [-0.1, -0.05) is 23.7 Å². The molecule has 1 heterocycles. The summed E-state index contributed by atoms with van der Waals surface area (Å²) >= 11 is 5.79. The maximum absolute atomic E-state index is 10.2. The highest BCUT2D eigenvalue weighted by molar-refractivity contribution is 6.30. The van der Waals surface area contributed by atoms with Gasteiger partial charge < -0.3 is 9.21 Å². The van der Waals surface area contributed by atoms with Crippen LogP contribution in [0.5, 0.6) is 0 Å². The number of aromatic nitrogens is 1. The maximum Gasteiger partial charge on any atom is 0.194 e. The molecule has 0 saturated carbocycles. The fourth-order valence-corrected chi connectivity index (χ4v) is 1.49. The van der Waals surface area contributed by atoms with E-state index in [-0.39, 0.29) is 0 Å². The standard InChI is InChI=1S/C12H10ClNO2/c13-10-5-3-9(4-6-10)11-8-16-12(14-11)2-1-7-15/h3-8H,1-2H2. The Morgan fingerprint density at radius 3 is 2.75 bits per heavy atom. The summed E-state index contributed by atoms with van der Waals surface area (Å²) in [4.78, 5) is 14.5. The molecule has 4 heteroatoms. The Balaban J connectivity index is 2.17. The average Bonchev–Trinajstić information content (AvgIpc) is 2.76. The van der Waals surface area contributed by atoms with E-state index in [1.165, 1.54) is 0 Å². The quantitative estimate of drug-likeness (QED) is 0.765. The van der Waals surface area contributed by atoms with Gasteiger partial charge in [0, 0.05) is 23.4 Å². The molecule has 0 unspecified atom stereocenters. The lowest BCUT2D eigenvalue weighted by Crippen LogP contribution is -1.86. The average molecular weight is 236 g/mol. The SMILES string of the molecule is O=CCCc1nc(-c2ccc(Cl)cc2)co1. The van der Waals surface area contributed by atoms with Gasteiger partial charge in [-0.2, -0.15) is 0 Å². The molecular weight excluding hydrogens is 226 g/mol. The van der Waals surface area contributed by atoms with Crippen molar-refractivity contribution in [3.63, 3.8) is 0 Å². The molecule has 2 aromatic rings. The largest absolute Gasteiger partial charge is 0.448 e. The predicted molar refractivity (Wildman–Crippen MR) is 61.3 cm³/mol. The molecule has 3 nitrogen and oxygen atoms in total. The van der Waals surface area contributed by atoms with Gasteiger partial charge in [-0.15, -0.1) is 0 Å². The molecule has 0 aliphatic rings. The molecule has 0 spiro atoms. The van der Waals surface area contributed by atoms with Gasteiger partial charge in [0.05, 0.1) is 0 Å². The van der Waals surface area contributed by atoms with Crippen LogP contribution < -0.4 is 0 Å². The lowest BCUT2D eigenvalue weighted by molar-refractivity contribution is -0.107. The van der Waals surface area contributed by atoms with E-state index in [1.807, 2.05) is 12.1 Å². The van der Waals surface area contributed by atoms with Gasteiger partial charge in [-0.25, -0.2) is 4.98 Å². The van der Waals surface area contributed by atoms with E-state index in [2.05, 4.69) is 4.98 Å². The monoisotopic (exact) mass is 235 g/mol. The summed E-state index contributed by atoms with van der Waals surface area (Å²) in [6, 6.07) is 7.36. The molecule has 82 valence electrons. The van der Waals surface area contributed by atoms with Crippen LogP contribution in [-0.2, 0) is 11.2 Å². The lowest BCUT2D eigenvalue weighted by Gasteiger charge is -1.94. The van der Waals surface area contributed by atoms with Gasteiger partial charge in [-0.05, 0) is 12.1 Å². The number of aldehydes is 1. The Hall–Kier alpha value is -1.61. The highest BCUT2D eigenvalue weighted by atomic mass is 35.5. The first kappa shape index (κ1) is 10.9. The van der Waals surface area contributed by atoms with Crippen molar-refractivity contribution in [1.82, 2.24) is 4.98 Å². The molecular formula is C12H10ClNO2. The van der Waals surface area contributed by atoms with Gasteiger partial charge in [-0.3, -0.25) is 0 Å². The second kappa shape index (κ2) is 4.94. The van der Waals surface area contributed by atoms with Crippen molar-refractivity contribution < 1.29 is 9.21 Å². The molecule has 0 amide bonds. The van der Waals surface area contributed by atoms with E-state index in [0.29, 0.717) is 23.8 Å². The van der Waals surface area contributed by atoms with Crippen LogP contribution in [0.4, 0.5) is 0 Å². The number of aryl methyl sites for hydroxylation is 1. The van der Waals surface area contributed by atoms with E-state index >= 15 is 0 Å². The highest BCUT2D eigenvalue weighted by Crippen LogP contribution is 2.21. The minimum atomic E-state index is 0.431. The van der Waals surface area contributed by atoms with Gasteiger partial charge >= 0.3 is 0 Å². The number of halogens is 1. The van der Waals surface area contributed by atoms with E-state index in [9.17, 15) is 4.79 Å². The number of hydrogen-bond acceptors (Lipinski definition) is 3. The van der Waals surface area contributed by atoms with Crippen molar-refractivity contribution in [1.29, 1.82) is 0 Å². The first-order valence-corrected chi connectivity index (χ1v) is 5.31. The van der Waals surface area contributed by atoms with E-state index in [1.54, 1.807) is 18.4 Å². The van der Waals surface area contributed by atoms with Crippen molar-refractivity contribution in [2.24, 2.45) is 0 Å². The second-order valence-corrected chi connectivity index (χ2v) is 3.78. The Morgan fingerprint density at radius 2 is 2.06 bits per heavy atom. The van der Waals surface area contributed by atoms with E-state index in [0.717, 1.165) is 17.5 Å². The molecule has 0 atom stereocenters. The summed E-state index contributed by atoms with van der Waals surface area (Å²) in [6.07, 6.45) is 3.41. The summed E-state index contributed by atoms with van der Waals surface area (Å²) in [5, 5.41) is 0.688. The van der Waals surface area contributed by atoms with Crippen molar-refractivity contribution in [2.45, 2.75) is 12.8 Å². The summed E-state index contributed by atoms with van der Waals surface area (Å²) < 4.78 is 5.25. The van der Waals surface area contributed by atoms with E-state index in [4.69, 9.17) is 16.0 Å². The normalized spacial score (nSPS) is 10.3. The summed E-state index contributed by atoms with van der Waals surface area (Å²) in [5.41, 5.74) is 1.71. The van der Waals surface area contributed by atoms with Crippen LogP contribution in [0.2, 0.25) is 5.02 Å². The number of carbonyl (C=O) groups excluding carboxylic acids is 1. The summed E-state index contributed by atoms with van der Waals surface area (Å²) in [6.45, 7) is 0. The summed E-state index contributed by atoms with van der Waals surface area (Å²) in [5.74, 6) is 0.581. The molecule has 0 bridgehead atoms. The van der Waals surface area contributed by atoms with Gasteiger partial charge in [0.2, 0.25) is 0 Å². The Labute approximate surface area is 98.1 Å². The molecule has 0 radical (unpaired) electrons. The first-order valence-electron chi connectivity index (χ1n) is 4.93. The molecule has 0 N–H and O–H groups in total. The highest BCUT2D eigenvalue weighted by Gasteiger charge is 2.05. The van der Waals surface area contributed by atoms with Crippen LogP contribution in [0.15, 0.2) is 34.9 Å². The second-order valence-electron chi connectivity index (χ2n) is 3.34. The maximum atomic E-state index is 10.2. The number of carbonyl (C=O) groups is 1. The third-order valence-electron chi connectivity index (χ3n) is 2.17. The number of hydrogen-bond donors (Lipinski definition) is 0. The molecule has 2 rings (SSSR count). The molecule has 16 heavy (non-hydrogen) atoms. The van der Waals surface area contributed by atoms with Crippen molar-refractivity contribution in [2.75, 3.05) is 0 Å². The number of oxazole rings is 1. The zero-order valence-corrected chi connectivity index (χ0v) is 9.28. The van der Waals surface area contributed by atoms with Crippen molar-refractivity contribution >= 4 is 17.9 Å². The van der Waals surface area contributed by atoms with Gasteiger partial charge in [0.1, 0.15) is 18.2 Å². The van der Waals surface area contributed by atoms with Gasteiger partial charge in [0.25, 0.3) is 0 Å². The van der Waals surface area contributed by atoms with Crippen LogP contribution in [0.3, 0.4) is 0 Å². The Bertz CT molecular complexity index is 476. The number of benzene rings is 1. The fourth-order valence-electron chi connectivity index (χ4n) is 1.36. The van der Waals surface area contributed by atoms with Crippen LogP contribution in [-0.4, -0.2) is 11.3 Å². The van der Waals surface area contributed by atoms with Crippen LogP contribution >= 0.6 is 11.6 Å². The molecule has 0 saturated heterocycles. The molecule has 0 aliphatic heterocycles. The lowest BCUT2D eigenvalue weighted by atomic mass is 10.2. The Kier molecular flexibility index (Phi) is 3.37. The third kappa shape index (κ3) is 2.49. The molecule has 1 aromatic heterocycles. The Morgan fingerprint density at radius 1 is 1.31 bits per heavy atom.